The molecule has 1 atom stereocenters. The summed E-state index contributed by atoms with van der Waals surface area (Å²) in [7, 11) is 1.73. The first-order valence-electron chi connectivity index (χ1n) is 7.70. The highest BCUT2D eigenvalue weighted by Crippen LogP contribution is 2.25. The number of para-hydroxylation sites is 1. The van der Waals surface area contributed by atoms with Gasteiger partial charge in [-0.15, -0.1) is 0 Å². The van der Waals surface area contributed by atoms with Gasteiger partial charge in [0.1, 0.15) is 0 Å². The van der Waals surface area contributed by atoms with E-state index in [9.17, 15) is 0 Å². The number of anilines is 1. The maximum Gasteiger partial charge on any atom is 0.0733 e. The molecule has 2 heteroatoms. The first kappa shape index (κ1) is 15.6. The number of methoxy groups -OCH3 is 1. The van der Waals surface area contributed by atoms with Crippen molar-refractivity contribution in [3.8, 4) is 0 Å². The van der Waals surface area contributed by atoms with E-state index in [2.05, 4.69) is 67.7 Å². The van der Waals surface area contributed by atoms with Gasteiger partial charge in [0.2, 0.25) is 0 Å². The van der Waals surface area contributed by atoms with Crippen LogP contribution in [-0.2, 0) is 17.8 Å². The van der Waals surface area contributed by atoms with Crippen molar-refractivity contribution in [2.75, 3.05) is 12.4 Å². The number of hydrogen-bond donors (Lipinski definition) is 1. The largest absolute Gasteiger partial charge is 0.380 e. The molecule has 2 nitrogen and oxygen atoms in total. The van der Waals surface area contributed by atoms with E-state index < -0.39 is 0 Å². The van der Waals surface area contributed by atoms with Gasteiger partial charge in [-0.2, -0.15) is 0 Å². The minimum Gasteiger partial charge on any atom is -0.380 e. The second-order valence-corrected chi connectivity index (χ2v) is 5.29. The maximum atomic E-state index is 5.28. The summed E-state index contributed by atoms with van der Waals surface area (Å²) in [5.74, 6) is 0. The third-order valence-electron chi connectivity index (χ3n) is 3.85. The standard InChI is InChI=1S/C19H25NO/c1-4-15-10-12-16(13-11-15)18(5-2)20-19-9-7-6-8-17(19)14-21-3/h6-13,18,20H,4-5,14H2,1-3H3. The molecule has 0 saturated heterocycles. The smallest absolute Gasteiger partial charge is 0.0733 e. The molecule has 0 fully saturated rings. The van der Waals surface area contributed by atoms with Crippen LogP contribution in [0.25, 0.3) is 0 Å². The van der Waals surface area contributed by atoms with Crippen LogP contribution in [0.1, 0.15) is 43.0 Å². The van der Waals surface area contributed by atoms with Gasteiger partial charge < -0.3 is 10.1 Å². The van der Waals surface area contributed by atoms with E-state index in [1.807, 2.05) is 0 Å². The Bertz CT molecular complexity index is 548. The number of nitrogens with one attached hydrogen (secondary N) is 1. The Hall–Kier alpha value is -1.80. The lowest BCUT2D eigenvalue weighted by molar-refractivity contribution is 0.185. The normalized spacial score (nSPS) is 12.1. The molecule has 1 N–H and O–H groups in total. The van der Waals surface area contributed by atoms with E-state index in [0.717, 1.165) is 18.5 Å². The van der Waals surface area contributed by atoms with Crippen molar-refractivity contribution in [1.29, 1.82) is 0 Å². The van der Waals surface area contributed by atoms with E-state index in [1.165, 1.54) is 16.7 Å². The van der Waals surface area contributed by atoms with Gasteiger partial charge in [0.25, 0.3) is 0 Å². The molecule has 21 heavy (non-hydrogen) atoms. The molecule has 0 amide bonds. The Kier molecular flexibility index (Phi) is 5.82. The average molecular weight is 283 g/mol. The summed E-state index contributed by atoms with van der Waals surface area (Å²) in [5.41, 5.74) is 5.07. The van der Waals surface area contributed by atoms with Crippen molar-refractivity contribution in [2.24, 2.45) is 0 Å². The van der Waals surface area contributed by atoms with Gasteiger partial charge in [0, 0.05) is 18.4 Å². The molecule has 0 aromatic heterocycles. The Balaban J connectivity index is 2.18. The molecule has 1 unspecified atom stereocenters. The lowest BCUT2D eigenvalue weighted by atomic mass is 10.0. The van der Waals surface area contributed by atoms with Gasteiger partial charge in [-0.3, -0.25) is 0 Å². The predicted octanol–water partition coefficient (Wildman–Crippen LogP) is 4.96. The maximum absolute atomic E-state index is 5.28. The molecular formula is C19H25NO. The molecule has 0 spiro atoms. The van der Waals surface area contributed by atoms with Gasteiger partial charge in [-0.25, -0.2) is 0 Å². The average Bonchev–Trinajstić information content (AvgIpc) is 2.54. The van der Waals surface area contributed by atoms with Crippen LogP contribution >= 0.6 is 0 Å². The van der Waals surface area contributed by atoms with Gasteiger partial charge in [-0.05, 0) is 30.0 Å². The van der Waals surface area contributed by atoms with Gasteiger partial charge >= 0.3 is 0 Å². The number of hydrogen-bond acceptors (Lipinski definition) is 2. The summed E-state index contributed by atoms with van der Waals surface area (Å²) in [6.07, 6.45) is 2.13. The first-order chi connectivity index (χ1) is 10.3. The SMILES string of the molecule is CCc1ccc(C(CC)Nc2ccccc2COC)cc1. The van der Waals surface area contributed by atoms with Gasteiger partial charge in [-0.1, -0.05) is 56.3 Å². The fourth-order valence-electron chi connectivity index (χ4n) is 2.54. The fourth-order valence-corrected chi connectivity index (χ4v) is 2.54. The van der Waals surface area contributed by atoms with E-state index in [-0.39, 0.29) is 0 Å². The zero-order valence-corrected chi connectivity index (χ0v) is 13.2. The molecular weight excluding hydrogens is 258 g/mol. The third-order valence-corrected chi connectivity index (χ3v) is 3.85. The van der Waals surface area contributed by atoms with Crippen molar-refractivity contribution < 1.29 is 4.74 Å². The van der Waals surface area contributed by atoms with Crippen LogP contribution in [-0.4, -0.2) is 7.11 Å². The van der Waals surface area contributed by atoms with E-state index in [4.69, 9.17) is 4.74 Å². The topological polar surface area (TPSA) is 21.3 Å². The number of aryl methyl sites for hydroxylation is 1. The zero-order chi connectivity index (χ0) is 15.1. The minimum atomic E-state index is 0.328. The molecule has 2 aromatic rings. The fraction of sp³-hybridized carbons (Fsp3) is 0.368. The summed E-state index contributed by atoms with van der Waals surface area (Å²) in [6, 6.07) is 17.6. The molecule has 0 aliphatic heterocycles. The number of rotatable bonds is 7. The van der Waals surface area contributed by atoms with Crippen molar-refractivity contribution in [1.82, 2.24) is 0 Å². The van der Waals surface area contributed by atoms with Crippen LogP contribution < -0.4 is 5.32 Å². The molecule has 112 valence electrons. The summed E-state index contributed by atoms with van der Waals surface area (Å²) in [6.45, 7) is 5.03. The number of ether oxygens (including phenoxy) is 1. The van der Waals surface area contributed by atoms with Gasteiger partial charge in [0.05, 0.1) is 12.6 Å². The van der Waals surface area contributed by atoms with Crippen molar-refractivity contribution >= 4 is 5.69 Å². The molecule has 0 radical (unpaired) electrons. The van der Waals surface area contributed by atoms with Crippen molar-refractivity contribution in [3.63, 3.8) is 0 Å². The first-order valence-corrected chi connectivity index (χ1v) is 7.70. The Morgan fingerprint density at radius 3 is 2.33 bits per heavy atom. The highest BCUT2D eigenvalue weighted by molar-refractivity contribution is 5.52. The van der Waals surface area contributed by atoms with Crippen molar-refractivity contribution in [2.45, 2.75) is 39.3 Å². The highest BCUT2D eigenvalue weighted by Gasteiger charge is 2.11. The van der Waals surface area contributed by atoms with Crippen LogP contribution in [0.2, 0.25) is 0 Å². The van der Waals surface area contributed by atoms with Gasteiger partial charge in [0.15, 0.2) is 0 Å². The Morgan fingerprint density at radius 2 is 1.71 bits per heavy atom. The van der Waals surface area contributed by atoms with Crippen LogP contribution in [0.4, 0.5) is 5.69 Å². The lowest BCUT2D eigenvalue weighted by Gasteiger charge is -2.21. The quantitative estimate of drug-likeness (QED) is 0.775. The molecule has 0 saturated carbocycles. The monoisotopic (exact) mass is 283 g/mol. The van der Waals surface area contributed by atoms with Crippen LogP contribution in [0.3, 0.4) is 0 Å². The lowest BCUT2D eigenvalue weighted by Crippen LogP contribution is -2.11. The summed E-state index contributed by atoms with van der Waals surface area (Å²) in [4.78, 5) is 0. The Labute approximate surface area is 128 Å². The number of benzene rings is 2. The second-order valence-electron chi connectivity index (χ2n) is 5.29. The molecule has 0 aliphatic carbocycles. The predicted molar refractivity (Wildman–Crippen MR) is 89.6 cm³/mol. The molecule has 0 heterocycles. The highest BCUT2D eigenvalue weighted by atomic mass is 16.5. The van der Waals surface area contributed by atoms with Crippen LogP contribution in [0.5, 0.6) is 0 Å². The molecule has 0 aliphatic rings. The van der Waals surface area contributed by atoms with Crippen LogP contribution in [0, 0.1) is 0 Å². The molecule has 2 aromatic carbocycles. The van der Waals surface area contributed by atoms with Crippen molar-refractivity contribution in [3.05, 3.63) is 65.2 Å². The summed E-state index contributed by atoms with van der Waals surface area (Å²) >= 11 is 0. The van der Waals surface area contributed by atoms with Crippen LogP contribution in [0.15, 0.2) is 48.5 Å². The molecule has 2 rings (SSSR count). The minimum absolute atomic E-state index is 0.328. The zero-order valence-electron chi connectivity index (χ0n) is 13.2. The Morgan fingerprint density at radius 1 is 1.00 bits per heavy atom. The third kappa shape index (κ3) is 4.08. The van der Waals surface area contributed by atoms with E-state index >= 15 is 0 Å². The summed E-state index contributed by atoms with van der Waals surface area (Å²) < 4.78 is 5.28. The van der Waals surface area contributed by atoms with E-state index in [1.54, 1.807) is 7.11 Å². The molecule has 0 bridgehead atoms. The summed E-state index contributed by atoms with van der Waals surface area (Å²) in [5, 5.41) is 3.66. The van der Waals surface area contributed by atoms with E-state index in [0.29, 0.717) is 12.6 Å². The second kappa shape index (κ2) is 7.84.